The van der Waals surface area contributed by atoms with Crippen LogP contribution in [-0.4, -0.2) is 26.1 Å². The lowest BCUT2D eigenvalue weighted by atomic mass is 10.2. The van der Waals surface area contributed by atoms with E-state index < -0.39 is 0 Å². The Balaban J connectivity index is 1.80. The molecule has 2 N–H and O–H groups in total. The summed E-state index contributed by atoms with van der Waals surface area (Å²) in [5.41, 5.74) is 2.79. The fraction of sp³-hybridized carbons (Fsp3) is 0. The first kappa shape index (κ1) is 14.9. The zero-order valence-electron chi connectivity index (χ0n) is 12.4. The van der Waals surface area contributed by atoms with Gasteiger partial charge in [0.15, 0.2) is 5.82 Å². The van der Waals surface area contributed by atoms with Gasteiger partial charge < -0.3 is 4.98 Å². The van der Waals surface area contributed by atoms with Crippen LogP contribution in [-0.2, 0) is 0 Å². The van der Waals surface area contributed by atoms with Gasteiger partial charge in [-0.15, -0.1) is 0 Å². The van der Waals surface area contributed by atoms with Crippen molar-refractivity contribution >= 4 is 40.9 Å². The summed E-state index contributed by atoms with van der Waals surface area (Å²) < 4.78 is 1.97. The van der Waals surface area contributed by atoms with Crippen LogP contribution in [0.25, 0.3) is 22.3 Å². The zero-order chi connectivity index (χ0) is 16.5. The molecule has 0 saturated carbocycles. The van der Waals surface area contributed by atoms with Gasteiger partial charge in [0, 0.05) is 28.2 Å². The molecule has 7 heteroatoms. The number of hydrogen-bond acceptors (Lipinski definition) is 3. The molecule has 0 atom stereocenters. The summed E-state index contributed by atoms with van der Waals surface area (Å²) in [6, 6.07) is 15.5. The van der Waals surface area contributed by atoms with Crippen LogP contribution >= 0.6 is 23.8 Å². The molecule has 0 saturated heterocycles. The standard InChI is InChI=1S/C17H12ClN5S/c18-14-7-3-1-6-13(14)16-21-22-17(24)23(16)20-10-11-9-19-15-8-4-2-5-12(11)15/h1-10,19H,(H,22,24)/b20-10-. The number of halogens is 1. The number of H-pyrrole nitrogens is 2. The Labute approximate surface area is 147 Å². The Kier molecular flexibility index (Phi) is 3.76. The van der Waals surface area contributed by atoms with E-state index in [1.165, 1.54) is 0 Å². The molecule has 0 radical (unpaired) electrons. The Bertz CT molecular complexity index is 1110. The normalized spacial score (nSPS) is 11.5. The second kappa shape index (κ2) is 6.07. The highest BCUT2D eigenvalue weighted by Gasteiger charge is 2.11. The number of hydrogen-bond donors (Lipinski definition) is 2. The third-order valence-electron chi connectivity index (χ3n) is 3.70. The van der Waals surface area contributed by atoms with Crippen LogP contribution in [0.1, 0.15) is 5.56 Å². The number of rotatable bonds is 3. The number of benzene rings is 2. The van der Waals surface area contributed by atoms with E-state index in [-0.39, 0.29) is 0 Å². The quantitative estimate of drug-likeness (QED) is 0.417. The maximum absolute atomic E-state index is 6.26. The molecule has 4 rings (SSSR count). The van der Waals surface area contributed by atoms with Gasteiger partial charge in [-0.25, -0.2) is 5.10 Å². The highest BCUT2D eigenvalue weighted by Crippen LogP contribution is 2.26. The summed E-state index contributed by atoms with van der Waals surface area (Å²) in [6.45, 7) is 0. The molecule has 0 amide bonds. The molecule has 24 heavy (non-hydrogen) atoms. The largest absolute Gasteiger partial charge is 0.361 e. The van der Waals surface area contributed by atoms with Gasteiger partial charge in [0.2, 0.25) is 4.77 Å². The summed E-state index contributed by atoms with van der Waals surface area (Å²) in [5, 5.41) is 13.2. The molecular weight excluding hydrogens is 342 g/mol. The van der Waals surface area contributed by atoms with Crippen LogP contribution in [0.3, 0.4) is 0 Å². The Hall–Kier alpha value is -2.70. The number of aromatic amines is 2. The monoisotopic (exact) mass is 353 g/mol. The highest BCUT2D eigenvalue weighted by molar-refractivity contribution is 7.71. The van der Waals surface area contributed by atoms with Crippen molar-refractivity contribution in [1.29, 1.82) is 0 Å². The molecule has 0 fully saturated rings. The zero-order valence-corrected chi connectivity index (χ0v) is 14.0. The molecule has 118 valence electrons. The first-order valence-corrected chi connectivity index (χ1v) is 8.05. The molecular formula is C17H12ClN5S. The van der Waals surface area contributed by atoms with E-state index in [4.69, 9.17) is 23.8 Å². The molecule has 4 aromatic rings. The molecule has 2 aromatic heterocycles. The van der Waals surface area contributed by atoms with Crippen molar-refractivity contribution in [3.8, 4) is 11.4 Å². The summed E-state index contributed by atoms with van der Waals surface area (Å²) >= 11 is 11.5. The molecule has 0 unspecified atom stereocenters. The summed E-state index contributed by atoms with van der Waals surface area (Å²) in [7, 11) is 0. The number of fused-ring (bicyclic) bond motifs is 1. The third-order valence-corrected chi connectivity index (χ3v) is 4.29. The van der Waals surface area contributed by atoms with Gasteiger partial charge in [-0.2, -0.15) is 14.9 Å². The minimum Gasteiger partial charge on any atom is -0.361 e. The van der Waals surface area contributed by atoms with Crippen LogP contribution in [0.15, 0.2) is 59.8 Å². The number of nitrogens with zero attached hydrogens (tertiary/aromatic N) is 3. The van der Waals surface area contributed by atoms with Crippen LogP contribution < -0.4 is 0 Å². The molecule has 2 heterocycles. The molecule has 0 bridgehead atoms. The lowest BCUT2D eigenvalue weighted by molar-refractivity contribution is 0.872. The molecule has 0 aliphatic carbocycles. The minimum atomic E-state index is 0.404. The molecule has 2 aromatic carbocycles. The minimum absolute atomic E-state index is 0.404. The summed E-state index contributed by atoms with van der Waals surface area (Å²) in [6.07, 6.45) is 3.66. The number of para-hydroxylation sites is 1. The maximum atomic E-state index is 6.26. The van der Waals surface area contributed by atoms with Gasteiger partial charge in [-0.05, 0) is 30.4 Å². The predicted molar refractivity (Wildman–Crippen MR) is 99.1 cm³/mol. The molecule has 0 aliphatic rings. The Morgan fingerprint density at radius 1 is 1.12 bits per heavy atom. The second-order valence-corrected chi connectivity index (χ2v) is 5.97. The highest BCUT2D eigenvalue weighted by atomic mass is 35.5. The maximum Gasteiger partial charge on any atom is 0.216 e. The smallest absolute Gasteiger partial charge is 0.216 e. The summed E-state index contributed by atoms with van der Waals surface area (Å²) in [5.74, 6) is 0.571. The average Bonchev–Trinajstić information content (AvgIpc) is 3.17. The number of nitrogens with one attached hydrogen (secondary N) is 2. The van der Waals surface area contributed by atoms with Crippen LogP contribution in [0.5, 0.6) is 0 Å². The van der Waals surface area contributed by atoms with Crippen molar-refractivity contribution in [2.75, 3.05) is 0 Å². The lowest BCUT2D eigenvalue weighted by Gasteiger charge is -2.02. The lowest BCUT2D eigenvalue weighted by Crippen LogP contribution is -1.95. The third kappa shape index (κ3) is 2.55. The van der Waals surface area contributed by atoms with Gasteiger partial charge in [0.05, 0.1) is 11.2 Å². The fourth-order valence-electron chi connectivity index (χ4n) is 2.54. The van der Waals surface area contributed by atoms with Crippen molar-refractivity contribution in [3.05, 3.63) is 70.1 Å². The first-order valence-electron chi connectivity index (χ1n) is 7.27. The van der Waals surface area contributed by atoms with Crippen LogP contribution in [0.4, 0.5) is 0 Å². The van der Waals surface area contributed by atoms with E-state index in [9.17, 15) is 0 Å². The topological polar surface area (TPSA) is 61.8 Å². The van der Waals surface area contributed by atoms with Crippen molar-refractivity contribution in [2.24, 2.45) is 5.10 Å². The van der Waals surface area contributed by atoms with Gasteiger partial charge in [0.1, 0.15) is 0 Å². The van der Waals surface area contributed by atoms with E-state index >= 15 is 0 Å². The van der Waals surface area contributed by atoms with Crippen LogP contribution in [0, 0.1) is 4.77 Å². The first-order chi connectivity index (χ1) is 11.7. The van der Waals surface area contributed by atoms with Gasteiger partial charge in [0.25, 0.3) is 0 Å². The van der Waals surface area contributed by atoms with Crippen molar-refractivity contribution in [1.82, 2.24) is 19.9 Å². The van der Waals surface area contributed by atoms with Gasteiger partial charge >= 0.3 is 0 Å². The fourth-order valence-corrected chi connectivity index (χ4v) is 2.94. The Morgan fingerprint density at radius 2 is 1.92 bits per heavy atom. The Morgan fingerprint density at radius 3 is 2.79 bits per heavy atom. The molecule has 0 aliphatic heterocycles. The van der Waals surface area contributed by atoms with Gasteiger partial charge in [-0.3, -0.25) is 0 Å². The van der Waals surface area contributed by atoms with Crippen LogP contribution in [0.2, 0.25) is 5.02 Å². The van der Waals surface area contributed by atoms with Crippen molar-refractivity contribution in [2.45, 2.75) is 0 Å². The van der Waals surface area contributed by atoms with Crippen molar-refractivity contribution in [3.63, 3.8) is 0 Å². The predicted octanol–water partition coefficient (Wildman–Crippen LogP) is 4.62. The van der Waals surface area contributed by atoms with E-state index in [1.807, 2.05) is 54.7 Å². The number of aromatic nitrogens is 4. The average molecular weight is 354 g/mol. The van der Waals surface area contributed by atoms with E-state index in [1.54, 1.807) is 10.9 Å². The second-order valence-electron chi connectivity index (χ2n) is 5.18. The summed E-state index contributed by atoms with van der Waals surface area (Å²) in [4.78, 5) is 3.22. The SMILES string of the molecule is S=c1[nH]nc(-c2ccccc2Cl)n1/N=C\c1c[nH]c2ccccc12. The van der Waals surface area contributed by atoms with Gasteiger partial charge in [-0.1, -0.05) is 41.9 Å². The van der Waals surface area contributed by atoms with E-state index in [2.05, 4.69) is 20.3 Å². The molecule has 0 spiro atoms. The molecule has 5 nitrogen and oxygen atoms in total. The van der Waals surface area contributed by atoms with Crippen molar-refractivity contribution < 1.29 is 0 Å². The van der Waals surface area contributed by atoms with E-state index in [0.29, 0.717) is 15.6 Å². The van der Waals surface area contributed by atoms with E-state index in [0.717, 1.165) is 22.0 Å².